The van der Waals surface area contributed by atoms with Gasteiger partial charge in [0.25, 0.3) is 5.56 Å². The van der Waals surface area contributed by atoms with E-state index in [1.54, 1.807) is 6.92 Å². The van der Waals surface area contributed by atoms with Crippen LogP contribution in [0.2, 0.25) is 0 Å². The highest BCUT2D eigenvalue weighted by Crippen LogP contribution is 2.16. The number of hydrogen-bond donors (Lipinski definition) is 1. The number of nitrogens with one attached hydrogen (secondary N) is 1. The van der Waals surface area contributed by atoms with Crippen LogP contribution in [0.1, 0.15) is 6.92 Å². The number of halogens is 2. The van der Waals surface area contributed by atoms with Crippen molar-refractivity contribution in [2.45, 2.75) is 20.1 Å². The van der Waals surface area contributed by atoms with Crippen LogP contribution in [0.25, 0.3) is 11.3 Å². The van der Waals surface area contributed by atoms with Crippen molar-refractivity contribution in [1.29, 1.82) is 0 Å². The molecule has 0 unspecified atom stereocenters. The molecule has 0 bridgehead atoms. The molecule has 24 heavy (non-hydrogen) atoms. The van der Waals surface area contributed by atoms with E-state index in [2.05, 4.69) is 15.2 Å². The number of hydrogen-bond acceptors (Lipinski definition) is 5. The fourth-order valence-electron chi connectivity index (χ4n) is 1.91. The average Bonchev–Trinajstić information content (AvgIpc) is 2.51. The van der Waals surface area contributed by atoms with E-state index in [9.17, 15) is 23.6 Å². The van der Waals surface area contributed by atoms with Crippen LogP contribution in [0, 0.1) is 5.21 Å². The molecule has 128 valence electrons. The molecule has 0 saturated heterocycles. The van der Waals surface area contributed by atoms with Gasteiger partial charge in [-0.05, 0) is 19.1 Å². The summed E-state index contributed by atoms with van der Waals surface area (Å²) in [7, 11) is 0. The van der Waals surface area contributed by atoms with Gasteiger partial charge in [-0.3, -0.25) is 9.59 Å². The van der Waals surface area contributed by atoms with Crippen LogP contribution in [-0.2, 0) is 11.3 Å². The first kappa shape index (κ1) is 17.3. The first-order valence-electron chi connectivity index (χ1n) is 6.94. The van der Waals surface area contributed by atoms with Crippen molar-refractivity contribution >= 4 is 5.91 Å². The summed E-state index contributed by atoms with van der Waals surface area (Å²) < 4.78 is 29.4. The zero-order chi connectivity index (χ0) is 17.7. The maximum atomic E-state index is 12.1. The number of amides is 1. The minimum Gasteiger partial charge on any atom is -0.616 e. The molecule has 0 aliphatic carbocycles. The van der Waals surface area contributed by atoms with Crippen LogP contribution in [0.5, 0.6) is 5.88 Å². The monoisotopic (exact) mass is 340 g/mol. The molecule has 0 aromatic carbocycles. The Bertz CT molecular complexity index is 795. The predicted octanol–water partition coefficient (Wildman–Crippen LogP) is 0.281. The molecule has 0 aliphatic heterocycles. The third kappa shape index (κ3) is 4.24. The van der Waals surface area contributed by atoms with Gasteiger partial charge in [-0.15, -0.1) is 4.73 Å². The maximum absolute atomic E-state index is 12.1. The summed E-state index contributed by atoms with van der Waals surface area (Å²) in [5, 5.41) is 18.2. The standard InChI is InChI=1S/C14H14F2N4O4/c1-2-17-11(21)8-19-12(22)5-4-10(18-19)9-3-6-13(20(23)7-9)24-14(15)16/h3-7,14H,2,8H2,1H3,(H,17,21). The molecule has 0 fully saturated rings. The number of aromatic nitrogens is 3. The summed E-state index contributed by atoms with van der Waals surface area (Å²) in [6.07, 6.45) is 0.987. The van der Waals surface area contributed by atoms with E-state index in [1.807, 2.05) is 0 Å². The molecule has 1 amide bonds. The van der Waals surface area contributed by atoms with Crippen LogP contribution in [-0.4, -0.2) is 28.8 Å². The zero-order valence-corrected chi connectivity index (χ0v) is 12.6. The lowest BCUT2D eigenvalue weighted by atomic mass is 10.2. The quantitative estimate of drug-likeness (QED) is 0.601. The molecule has 0 atom stereocenters. The minimum absolute atomic E-state index is 0.127. The van der Waals surface area contributed by atoms with Crippen molar-refractivity contribution in [3.05, 3.63) is 46.0 Å². The lowest BCUT2D eigenvalue weighted by Gasteiger charge is -2.08. The van der Waals surface area contributed by atoms with Crippen molar-refractivity contribution in [3.8, 4) is 17.1 Å². The second-order valence-corrected chi connectivity index (χ2v) is 4.63. The van der Waals surface area contributed by atoms with Crippen LogP contribution >= 0.6 is 0 Å². The van der Waals surface area contributed by atoms with Crippen molar-refractivity contribution in [1.82, 2.24) is 15.1 Å². The summed E-state index contributed by atoms with van der Waals surface area (Å²) in [6.45, 7) is -1.24. The van der Waals surface area contributed by atoms with E-state index in [0.717, 1.165) is 16.9 Å². The van der Waals surface area contributed by atoms with Crippen molar-refractivity contribution in [2.24, 2.45) is 0 Å². The first-order valence-corrected chi connectivity index (χ1v) is 6.94. The Morgan fingerprint density at radius 1 is 1.42 bits per heavy atom. The summed E-state index contributed by atoms with van der Waals surface area (Å²) in [6, 6.07) is 4.96. The van der Waals surface area contributed by atoms with Crippen LogP contribution in [0.4, 0.5) is 8.78 Å². The number of nitrogens with zero attached hydrogens (tertiary/aromatic N) is 3. The molecule has 8 nitrogen and oxygen atoms in total. The fourth-order valence-corrected chi connectivity index (χ4v) is 1.91. The van der Waals surface area contributed by atoms with Crippen LogP contribution in [0.15, 0.2) is 35.3 Å². The summed E-state index contributed by atoms with van der Waals surface area (Å²) in [5.74, 6) is -0.951. The minimum atomic E-state index is -3.12. The van der Waals surface area contributed by atoms with E-state index in [1.165, 1.54) is 18.2 Å². The molecule has 2 rings (SSSR count). The van der Waals surface area contributed by atoms with Gasteiger partial charge in [0, 0.05) is 12.6 Å². The Kier molecular flexibility index (Phi) is 5.40. The highest BCUT2D eigenvalue weighted by molar-refractivity contribution is 5.75. The van der Waals surface area contributed by atoms with Crippen molar-refractivity contribution in [2.75, 3.05) is 6.54 Å². The summed E-state index contributed by atoms with van der Waals surface area (Å²) >= 11 is 0. The lowest BCUT2D eigenvalue weighted by Crippen LogP contribution is -2.33. The Morgan fingerprint density at radius 3 is 2.79 bits per heavy atom. The van der Waals surface area contributed by atoms with Crippen LogP contribution in [0.3, 0.4) is 0 Å². The largest absolute Gasteiger partial charge is 0.616 e. The third-order valence-corrected chi connectivity index (χ3v) is 2.92. The van der Waals surface area contributed by atoms with Crippen LogP contribution < -0.4 is 20.3 Å². The molecule has 1 N–H and O–H groups in total. The van der Waals surface area contributed by atoms with Gasteiger partial charge in [-0.1, -0.05) is 0 Å². The third-order valence-electron chi connectivity index (χ3n) is 2.92. The number of carbonyl (C=O) groups excluding carboxylic acids is 1. The van der Waals surface area contributed by atoms with Crippen molar-refractivity contribution < 1.29 is 23.0 Å². The molecule has 0 aliphatic rings. The second kappa shape index (κ2) is 7.49. The normalized spacial score (nSPS) is 10.7. The lowest BCUT2D eigenvalue weighted by molar-refractivity contribution is -0.615. The van der Waals surface area contributed by atoms with Gasteiger partial charge in [0.2, 0.25) is 5.91 Å². The molecule has 2 aromatic rings. The summed E-state index contributed by atoms with van der Waals surface area (Å²) in [5.41, 5.74) is 0.0148. The van der Waals surface area contributed by atoms with Gasteiger partial charge in [0.05, 0.1) is 17.3 Å². The molecular weight excluding hydrogens is 326 g/mol. The number of rotatable bonds is 6. The smallest absolute Gasteiger partial charge is 0.391 e. The fraction of sp³-hybridized carbons (Fsp3) is 0.286. The van der Waals surface area contributed by atoms with E-state index in [4.69, 9.17) is 0 Å². The van der Waals surface area contributed by atoms with Gasteiger partial charge in [0.15, 0.2) is 6.20 Å². The summed E-state index contributed by atoms with van der Waals surface area (Å²) in [4.78, 5) is 23.3. The van der Waals surface area contributed by atoms with Gasteiger partial charge in [-0.25, -0.2) is 4.68 Å². The number of carbonyl (C=O) groups is 1. The van der Waals surface area contributed by atoms with Gasteiger partial charge in [-0.2, -0.15) is 13.9 Å². The molecule has 2 heterocycles. The second-order valence-electron chi connectivity index (χ2n) is 4.63. The molecule has 10 heteroatoms. The molecular formula is C14H14F2N4O4. The van der Waals surface area contributed by atoms with E-state index in [0.29, 0.717) is 6.54 Å². The first-order chi connectivity index (χ1) is 11.4. The Hall–Kier alpha value is -3.04. The SMILES string of the molecule is CCNC(=O)Cn1nc(-c2ccc(OC(F)F)[n+]([O-])c2)ccc1=O. The van der Waals surface area contributed by atoms with Crippen molar-refractivity contribution in [3.63, 3.8) is 0 Å². The Balaban J connectivity index is 2.30. The number of pyridine rings is 1. The number of ether oxygens (including phenoxy) is 1. The predicted molar refractivity (Wildman–Crippen MR) is 78.2 cm³/mol. The van der Waals surface area contributed by atoms with E-state index in [-0.39, 0.29) is 28.4 Å². The zero-order valence-electron chi connectivity index (χ0n) is 12.6. The highest BCUT2D eigenvalue weighted by atomic mass is 19.3. The number of likely N-dealkylation sites (N-methyl/N-ethyl adjacent to an activating group) is 1. The average molecular weight is 340 g/mol. The van der Waals surface area contributed by atoms with Gasteiger partial charge < -0.3 is 15.3 Å². The molecule has 0 radical (unpaired) electrons. The topological polar surface area (TPSA) is 100 Å². The number of alkyl halides is 2. The van der Waals surface area contributed by atoms with E-state index < -0.39 is 18.1 Å². The molecule has 0 saturated carbocycles. The maximum Gasteiger partial charge on any atom is 0.391 e. The van der Waals surface area contributed by atoms with Gasteiger partial charge in [0.1, 0.15) is 6.54 Å². The molecule has 2 aromatic heterocycles. The molecule has 0 spiro atoms. The Labute approximate surface area is 134 Å². The van der Waals surface area contributed by atoms with Gasteiger partial charge >= 0.3 is 12.5 Å². The van der Waals surface area contributed by atoms with E-state index >= 15 is 0 Å². The highest BCUT2D eigenvalue weighted by Gasteiger charge is 2.15. The Morgan fingerprint density at radius 2 is 2.17 bits per heavy atom.